The summed E-state index contributed by atoms with van der Waals surface area (Å²) < 4.78 is 7.89. The Hall–Kier alpha value is -1.92. The van der Waals surface area contributed by atoms with Crippen LogP contribution in [0.25, 0.3) is 5.69 Å². The van der Waals surface area contributed by atoms with Crippen LogP contribution < -0.4 is 11.4 Å². The molecule has 2 rings (SSSR count). The molecule has 0 amide bonds. The fourth-order valence-corrected chi connectivity index (χ4v) is 3.90. The van der Waals surface area contributed by atoms with Crippen molar-refractivity contribution in [1.82, 2.24) is 9.55 Å². The summed E-state index contributed by atoms with van der Waals surface area (Å²) in [5, 5.41) is 0.203. The van der Waals surface area contributed by atoms with Gasteiger partial charge >= 0.3 is 5.69 Å². The van der Waals surface area contributed by atoms with Crippen LogP contribution in [0.5, 0.6) is 0 Å². The molecule has 1 aromatic carbocycles. The second kappa shape index (κ2) is 7.13. The van der Waals surface area contributed by atoms with Gasteiger partial charge in [0.25, 0.3) is 0 Å². The van der Waals surface area contributed by atoms with Gasteiger partial charge in [-0.25, -0.2) is 4.79 Å². The summed E-state index contributed by atoms with van der Waals surface area (Å²) in [7, 11) is -1.76. The Balaban J connectivity index is 2.09. The summed E-state index contributed by atoms with van der Waals surface area (Å²) in [6.07, 6.45) is 2.65. The lowest BCUT2D eigenvalue weighted by molar-refractivity contribution is 0.199. The molecule has 0 aliphatic rings. The van der Waals surface area contributed by atoms with E-state index in [0.29, 0.717) is 0 Å². The third kappa shape index (κ3) is 4.80. The minimum atomic E-state index is -1.76. The van der Waals surface area contributed by atoms with E-state index in [9.17, 15) is 4.79 Å². The van der Waals surface area contributed by atoms with E-state index < -0.39 is 8.32 Å². The van der Waals surface area contributed by atoms with Crippen LogP contribution in [0.1, 0.15) is 33.3 Å². The molecular formula is C19H29N3O2Si. The van der Waals surface area contributed by atoms with Gasteiger partial charge in [-0.1, -0.05) is 32.9 Å². The first-order chi connectivity index (χ1) is 11.5. The second-order valence-electron chi connectivity index (χ2n) is 8.06. The Bertz CT molecular complexity index is 776. The lowest BCUT2D eigenvalue weighted by Gasteiger charge is -2.38. The Morgan fingerprint density at radius 2 is 1.80 bits per heavy atom. The largest absolute Gasteiger partial charge is 0.414 e. The van der Waals surface area contributed by atoms with E-state index in [4.69, 9.17) is 10.2 Å². The van der Waals surface area contributed by atoms with Crippen LogP contribution >= 0.6 is 0 Å². The summed E-state index contributed by atoms with van der Waals surface area (Å²) in [6.45, 7) is 13.4. The second-order valence-corrected chi connectivity index (χ2v) is 12.8. The summed E-state index contributed by atoms with van der Waals surface area (Å²) in [6, 6.07) is 9.53. The predicted molar refractivity (Wildman–Crippen MR) is 106 cm³/mol. The third-order valence-corrected chi connectivity index (χ3v) is 9.47. The predicted octanol–water partition coefficient (Wildman–Crippen LogP) is 3.77. The fraction of sp³-hybridized carbons (Fsp3) is 0.474. The van der Waals surface area contributed by atoms with Crippen LogP contribution in [0.2, 0.25) is 18.1 Å². The first-order valence-corrected chi connectivity index (χ1v) is 11.5. The van der Waals surface area contributed by atoms with Gasteiger partial charge in [0, 0.05) is 12.3 Å². The topological polar surface area (TPSA) is 70.1 Å². The van der Waals surface area contributed by atoms with Crippen LogP contribution in [0, 0.1) is 0 Å². The lowest BCUT2D eigenvalue weighted by atomic mass is 10.1. The van der Waals surface area contributed by atoms with Crippen LogP contribution in [-0.2, 0) is 10.8 Å². The molecule has 0 aliphatic carbocycles. The molecule has 0 saturated heterocycles. The zero-order chi connectivity index (χ0) is 18.8. The van der Waals surface area contributed by atoms with Gasteiger partial charge in [0.2, 0.25) is 0 Å². The van der Waals surface area contributed by atoms with Crippen molar-refractivity contribution in [2.45, 2.75) is 58.4 Å². The Kier molecular flexibility index (Phi) is 5.54. The Morgan fingerprint density at radius 3 is 2.32 bits per heavy atom. The van der Waals surface area contributed by atoms with Gasteiger partial charge in [0.15, 0.2) is 8.32 Å². The van der Waals surface area contributed by atoms with Gasteiger partial charge in [-0.3, -0.25) is 4.57 Å². The number of hydrogen-bond acceptors (Lipinski definition) is 4. The van der Waals surface area contributed by atoms with Crippen LogP contribution in [0.4, 0.5) is 5.82 Å². The third-order valence-electron chi connectivity index (χ3n) is 4.86. The molecule has 0 radical (unpaired) electrons. The van der Waals surface area contributed by atoms with Gasteiger partial charge in [0.1, 0.15) is 5.82 Å². The Labute approximate surface area is 151 Å². The maximum atomic E-state index is 11.9. The molecule has 5 nitrogen and oxygen atoms in total. The number of aromatic nitrogens is 2. The molecule has 1 unspecified atom stereocenters. The van der Waals surface area contributed by atoms with Crippen LogP contribution in [-0.4, -0.2) is 24.0 Å². The number of nitrogen functional groups attached to an aromatic ring is 1. The van der Waals surface area contributed by atoms with Crippen molar-refractivity contribution < 1.29 is 4.43 Å². The highest BCUT2D eigenvalue weighted by molar-refractivity contribution is 6.74. The summed E-state index contributed by atoms with van der Waals surface area (Å²) in [4.78, 5) is 15.7. The molecule has 2 N–H and O–H groups in total. The molecule has 0 saturated carbocycles. The molecule has 1 atom stereocenters. The lowest BCUT2D eigenvalue weighted by Crippen LogP contribution is -2.43. The van der Waals surface area contributed by atoms with Crippen molar-refractivity contribution in [2.24, 2.45) is 0 Å². The molecule has 1 heterocycles. The normalized spacial score (nSPS) is 13.7. The highest BCUT2D eigenvalue weighted by Gasteiger charge is 2.38. The van der Waals surface area contributed by atoms with Crippen LogP contribution in [0.3, 0.4) is 0 Å². The molecule has 0 bridgehead atoms. The zero-order valence-electron chi connectivity index (χ0n) is 16.0. The number of benzene rings is 1. The molecule has 1 aromatic heterocycles. The quantitative estimate of drug-likeness (QED) is 0.825. The molecule has 0 spiro atoms. The minimum absolute atomic E-state index is 0.160. The van der Waals surface area contributed by atoms with Gasteiger partial charge in [-0.15, -0.1) is 0 Å². The maximum Gasteiger partial charge on any atom is 0.354 e. The fourth-order valence-electron chi connectivity index (χ4n) is 2.46. The highest BCUT2D eigenvalue weighted by Crippen LogP contribution is 2.37. The van der Waals surface area contributed by atoms with Crippen molar-refractivity contribution in [3.8, 4) is 5.69 Å². The molecule has 2 aromatic rings. The molecule has 0 aliphatic heterocycles. The number of anilines is 1. The summed E-state index contributed by atoms with van der Waals surface area (Å²) in [5.74, 6) is 0.231. The Morgan fingerprint density at radius 1 is 1.20 bits per heavy atom. The number of rotatable bonds is 5. The average molecular weight is 360 g/mol. The molecular weight excluding hydrogens is 330 g/mol. The number of nitrogens with two attached hydrogens (primary N) is 1. The van der Waals surface area contributed by atoms with Crippen molar-refractivity contribution in [1.29, 1.82) is 0 Å². The van der Waals surface area contributed by atoms with E-state index in [1.807, 2.05) is 24.3 Å². The monoisotopic (exact) mass is 359 g/mol. The minimum Gasteiger partial charge on any atom is -0.414 e. The zero-order valence-corrected chi connectivity index (χ0v) is 17.0. The first kappa shape index (κ1) is 19.4. The van der Waals surface area contributed by atoms with Crippen molar-refractivity contribution in [2.75, 3.05) is 5.73 Å². The number of nitrogens with zero attached hydrogens (tertiary/aromatic N) is 2. The average Bonchev–Trinajstić information content (AvgIpc) is 2.46. The van der Waals surface area contributed by atoms with Crippen molar-refractivity contribution >= 4 is 14.1 Å². The highest BCUT2D eigenvalue weighted by atomic mass is 28.4. The van der Waals surface area contributed by atoms with Gasteiger partial charge in [-0.05, 0) is 55.2 Å². The smallest absolute Gasteiger partial charge is 0.354 e. The van der Waals surface area contributed by atoms with Crippen molar-refractivity contribution in [3.05, 3.63) is 52.6 Å². The molecule has 6 heteroatoms. The SMILES string of the molecule is CC(Cc1ccc(-n2ccc(N)nc2=O)cc1)O[Si](C)(C)C(C)(C)C. The summed E-state index contributed by atoms with van der Waals surface area (Å²) >= 11 is 0. The molecule has 0 fully saturated rings. The standard InChI is InChI=1S/C19H29N3O2Si/c1-14(24-25(5,6)19(2,3)4)13-15-7-9-16(10-8-15)22-12-11-17(20)21-18(22)23/h7-12,14H,13H2,1-6H3,(H2,20,21,23). The van der Waals surface area contributed by atoms with E-state index in [-0.39, 0.29) is 22.6 Å². The number of hydrogen-bond donors (Lipinski definition) is 1. The van der Waals surface area contributed by atoms with E-state index in [1.54, 1.807) is 12.3 Å². The van der Waals surface area contributed by atoms with E-state index >= 15 is 0 Å². The van der Waals surface area contributed by atoms with E-state index in [1.165, 1.54) is 10.1 Å². The van der Waals surface area contributed by atoms with Gasteiger partial charge < -0.3 is 10.2 Å². The maximum absolute atomic E-state index is 11.9. The van der Waals surface area contributed by atoms with E-state index in [0.717, 1.165) is 12.1 Å². The first-order valence-electron chi connectivity index (χ1n) is 8.62. The summed E-state index contributed by atoms with van der Waals surface area (Å²) in [5.41, 5.74) is 7.12. The van der Waals surface area contributed by atoms with Crippen LogP contribution in [0.15, 0.2) is 41.3 Å². The van der Waals surface area contributed by atoms with Gasteiger partial charge in [-0.2, -0.15) is 4.98 Å². The van der Waals surface area contributed by atoms with Gasteiger partial charge in [0.05, 0.1) is 5.69 Å². The van der Waals surface area contributed by atoms with E-state index in [2.05, 4.69) is 45.8 Å². The van der Waals surface area contributed by atoms with Crippen molar-refractivity contribution in [3.63, 3.8) is 0 Å². The molecule has 25 heavy (non-hydrogen) atoms. The molecule has 136 valence electrons.